The van der Waals surface area contributed by atoms with Gasteiger partial charge < -0.3 is 11.1 Å². The van der Waals surface area contributed by atoms with E-state index in [4.69, 9.17) is 5.73 Å². The van der Waals surface area contributed by atoms with E-state index in [1.54, 1.807) is 17.8 Å². The first-order valence-electron chi connectivity index (χ1n) is 4.98. The first-order valence-corrected chi connectivity index (χ1v) is 5.86. The predicted molar refractivity (Wildman–Crippen MR) is 62.0 cm³/mol. The van der Waals surface area contributed by atoms with Crippen molar-refractivity contribution in [3.63, 3.8) is 0 Å². The minimum atomic E-state index is -0.337. The fourth-order valence-corrected chi connectivity index (χ4v) is 3.06. The minimum absolute atomic E-state index is 0.337. The summed E-state index contributed by atoms with van der Waals surface area (Å²) in [6.45, 7) is 0. The molecule has 15 heavy (non-hydrogen) atoms. The van der Waals surface area contributed by atoms with E-state index >= 15 is 0 Å². The molecule has 0 fully saturated rings. The van der Waals surface area contributed by atoms with Crippen LogP contribution in [0.3, 0.4) is 0 Å². The molecule has 0 saturated heterocycles. The third-order valence-electron chi connectivity index (χ3n) is 2.62. The third kappa shape index (κ3) is 2.01. The summed E-state index contributed by atoms with van der Waals surface area (Å²) in [4.78, 5) is 12.3. The zero-order valence-corrected chi connectivity index (χ0v) is 9.43. The van der Waals surface area contributed by atoms with Crippen LogP contribution in [-0.4, -0.2) is 18.3 Å². The lowest BCUT2D eigenvalue weighted by atomic mass is 10.1. The van der Waals surface area contributed by atoms with E-state index in [2.05, 4.69) is 11.4 Å². The number of rotatable bonds is 2. The normalized spacial score (nSPS) is 19.7. The van der Waals surface area contributed by atoms with Gasteiger partial charge in [-0.25, -0.2) is 0 Å². The Morgan fingerprint density at radius 3 is 3.07 bits per heavy atom. The largest absolute Gasteiger partial charge is 0.366 e. The monoisotopic (exact) mass is 222 g/mol. The molecule has 0 radical (unpaired) electrons. The second kappa shape index (κ2) is 4.24. The molecule has 1 aliphatic heterocycles. The van der Waals surface area contributed by atoms with Gasteiger partial charge in [0.2, 0.25) is 5.91 Å². The summed E-state index contributed by atoms with van der Waals surface area (Å²) in [6.07, 6.45) is 2.10. The van der Waals surface area contributed by atoms with Gasteiger partial charge in [-0.1, -0.05) is 12.1 Å². The van der Waals surface area contributed by atoms with Crippen molar-refractivity contribution in [1.29, 1.82) is 0 Å². The summed E-state index contributed by atoms with van der Waals surface area (Å²) in [5.74, 6) is -0.337. The number of nitrogens with one attached hydrogen (secondary N) is 1. The van der Waals surface area contributed by atoms with Crippen molar-refractivity contribution in [3.8, 4) is 0 Å². The van der Waals surface area contributed by atoms with Crippen molar-refractivity contribution in [1.82, 2.24) is 5.32 Å². The van der Waals surface area contributed by atoms with Gasteiger partial charge in [-0.3, -0.25) is 4.79 Å². The van der Waals surface area contributed by atoms with Crippen LogP contribution in [-0.2, 0) is 6.42 Å². The molecule has 1 unspecified atom stereocenters. The van der Waals surface area contributed by atoms with Crippen molar-refractivity contribution in [3.05, 3.63) is 29.3 Å². The number of hydrogen-bond acceptors (Lipinski definition) is 3. The van der Waals surface area contributed by atoms with E-state index < -0.39 is 0 Å². The molecule has 1 aromatic rings. The number of primary amides is 1. The molecule has 1 heterocycles. The predicted octanol–water partition coefficient (Wildman–Crippen LogP) is 1.37. The molecule has 1 aliphatic rings. The van der Waals surface area contributed by atoms with Crippen LogP contribution in [0.1, 0.15) is 22.3 Å². The van der Waals surface area contributed by atoms with Gasteiger partial charge in [0.1, 0.15) is 0 Å². The molecular formula is C11H14N2OS. The molecule has 4 heteroatoms. The van der Waals surface area contributed by atoms with Crippen LogP contribution in [0.2, 0.25) is 0 Å². The lowest BCUT2D eigenvalue weighted by Crippen LogP contribution is -2.26. The second-order valence-corrected chi connectivity index (χ2v) is 4.80. The van der Waals surface area contributed by atoms with E-state index in [9.17, 15) is 4.79 Å². The zero-order valence-electron chi connectivity index (χ0n) is 8.62. The molecule has 1 aromatic carbocycles. The number of amides is 1. The molecule has 3 N–H and O–H groups in total. The van der Waals surface area contributed by atoms with Crippen molar-refractivity contribution in [2.24, 2.45) is 5.73 Å². The minimum Gasteiger partial charge on any atom is -0.366 e. The summed E-state index contributed by atoms with van der Waals surface area (Å²) in [5.41, 5.74) is 7.24. The first kappa shape index (κ1) is 10.5. The Morgan fingerprint density at radius 2 is 2.40 bits per heavy atom. The molecule has 0 aromatic heterocycles. The van der Waals surface area contributed by atoms with Crippen LogP contribution in [0, 0.1) is 0 Å². The molecule has 1 amide bonds. The quantitative estimate of drug-likeness (QED) is 0.794. The molecule has 80 valence electrons. The Balaban J connectivity index is 2.40. The second-order valence-electron chi connectivity index (χ2n) is 3.59. The Kier molecular flexibility index (Phi) is 2.98. The average Bonchev–Trinajstić information content (AvgIpc) is 2.27. The number of hydrogen-bond donors (Lipinski definition) is 2. The van der Waals surface area contributed by atoms with E-state index in [1.807, 2.05) is 13.1 Å². The molecule has 1 atom stereocenters. The molecule has 3 nitrogen and oxygen atoms in total. The number of carbonyl (C=O) groups is 1. The first-order chi connectivity index (χ1) is 7.22. The average molecular weight is 222 g/mol. The van der Waals surface area contributed by atoms with Gasteiger partial charge >= 0.3 is 0 Å². The lowest BCUT2D eigenvalue weighted by molar-refractivity contribution is 0.0997. The van der Waals surface area contributed by atoms with Crippen molar-refractivity contribution < 1.29 is 4.79 Å². The highest BCUT2D eigenvalue weighted by atomic mass is 32.2. The zero-order chi connectivity index (χ0) is 10.8. The molecule has 2 rings (SSSR count). The van der Waals surface area contributed by atoms with Gasteiger partial charge in [0, 0.05) is 4.90 Å². The van der Waals surface area contributed by atoms with Crippen LogP contribution < -0.4 is 11.1 Å². The molecular weight excluding hydrogens is 208 g/mol. The number of thioether (sulfide) groups is 1. The number of benzene rings is 1. The highest BCUT2D eigenvalue weighted by molar-refractivity contribution is 8.00. The van der Waals surface area contributed by atoms with Gasteiger partial charge in [-0.05, 0) is 31.5 Å². The fourth-order valence-electron chi connectivity index (χ4n) is 1.81. The topological polar surface area (TPSA) is 55.1 Å². The van der Waals surface area contributed by atoms with Gasteiger partial charge in [-0.15, -0.1) is 11.8 Å². The summed E-state index contributed by atoms with van der Waals surface area (Å²) < 4.78 is 0. The van der Waals surface area contributed by atoms with E-state index in [-0.39, 0.29) is 5.91 Å². The molecule has 0 aliphatic carbocycles. The number of carbonyl (C=O) groups excluding carboxylic acids is 1. The summed E-state index contributed by atoms with van der Waals surface area (Å²) in [6, 6.07) is 5.77. The molecule has 0 saturated carbocycles. The molecule has 0 spiro atoms. The number of fused-ring (bicyclic) bond motifs is 1. The summed E-state index contributed by atoms with van der Waals surface area (Å²) in [5, 5.41) is 3.61. The highest BCUT2D eigenvalue weighted by Crippen LogP contribution is 2.36. The van der Waals surface area contributed by atoms with E-state index in [1.165, 1.54) is 5.56 Å². The van der Waals surface area contributed by atoms with E-state index in [0.29, 0.717) is 10.9 Å². The van der Waals surface area contributed by atoms with Crippen LogP contribution in [0.5, 0.6) is 0 Å². The van der Waals surface area contributed by atoms with Gasteiger partial charge in [0.05, 0.1) is 10.9 Å². The van der Waals surface area contributed by atoms with E-state index in [0.717, 1.165) is 17.7 Å². The third-order valence-corrected chi connectivity index (χ3v) is 4.09. The Labute approximate surface area is 93.4 Å². The van der Waals surface area contributed by atoms with Crippen molar-refractivity contribution in [2.75, 3.05) is 7.05 Å². The van der Waals surface area contributed by atoms with Gasteiger partial charge in [0.15, 0.2) is 0 Å². The van der Waals surface area contributed by atoms with Crippen LogP contribution in [0.25, 0.3) is 0 Å². The number of nitrogens with two attached hydrogens (primary N) is 1. The maximum Gasteiger partial charge on any atom is 0.249 e. The number of aryl methyl sites for hydroxylation is 1. The van der Waals surface area contributed by atoms with Crippen LogP contribution in [0.15, 0.2) is 23.1 Å². The fraction of sp³-hybridized carbons (Fsp3) is 0.364. The van der Waals surface area contributed by atoms with Crippen molar-refractivity contribution in [2.45, 2.75) is 23.1 Å². The summed E-state index contributed by atoms with van der Waals surface area (Å²) >= 11 is 1.70. The maximum atomic E-state index is 11.3. The summed E-state index contributed by atoms with van der Waals surface area (Å²) in [7, 11) is 1.94. The Hall–Kier alpha value is -1.00. The van der Waals surface area contributed by atoms with Gasteiger partial charge in [-0.2, -0.15) is 0 Å². The Morgan fingerprint density at radius 1 is 1.60 bits per heavy atom. The SMILES string of the molecule is CNC1CCc2cccc(C(N)=O)c2S1. The molecule has 0 bridgehead atoms. The standard InChI is InChI=1S/C11H14N2OS/c1-13-9-6-5-7-3-2-4-8(11(12)14)10(7)15-9/h2-4,9,13H,5-6H2,1H3,(H2,12,14). The lowest BCUT2D eigenvalue weighted by Gasteiger charge is -2.24. The smallest absolute Gasteiger partial charge is 0.249 e. The van der Waals surface area contributed by atoms with Crippen LogP contribution >= 0.6 is 11.8 Å². The maximum absolute atomic E-state index is 11.3. The highest BCUT2D eigenvalue weighted by Gasteiger charge is 2.21. The Bertz CT molecular complexity index is 392. The van der Waals surface area contributed by atoms with Crippen molar-refractivity contribution >= 4 is 17.7 Å². The van der Waals surface area contributed by atoms with Gasteiger partial charge in [0.25, 0.3) is 0 Å². The van der Waals surface area contributed by atoms with Crippen LogP contribution in [0.4, 0.5) is 0 Å².